The van der Waals surface area contributed by atoms with Gasteiger partial charge in [-0.2, -0.15) is 13.2 Å². The van der Waals surface area contributed by atoms with Crippen molar-refractivity contribution in [1.29, 1.82) is 0 Å². The summed E-state index contributed by atoms with van der Waals surface area (Å²) >= 11 is 1.48. The molecule has 122 valence electrons. The lowest BCUT2D eigenvalue weighted by atomic mass is 10.1. The minimum atomic E-state index is -4.30. The van der Waals surface area contributed by atoms with Gasteiger partial charge in [0.1, 0.15) is 5.82 Å². The third kappa shape index (κ3) is 3.24. The molecule has 0 amide bonds. The number of thioether (sulfide) groups is 1. The fraction of sp³-hybridized carbons (Fsp3) is 0.500. The smallest absolute Gasteiger partial charge is 0.303 e. The van der Waals surface area contributed by atoms with Gasteiger partial charge in [0.2, 0.25) is 0 Å². The van der Waals surface area contributed by atoms with Gasteiger partial charge in [-0.25, -0.2) is 0 Å². The first-order valence-corrected chi connectivity index (χ1v) is 8.74. The quantitative estimate of drug-likeness (QED) is 0.733. The molecule has 4 rings (SSSR count). The molecule has 2 saturated carbocycles. The number of halogens is 3. The molecule has 1 aromatic carbocycles. The fourth-order valence-corrected chi connectivity index (χ4v) is 3.62. The zero-order valence-corrected chi connectivity index (χ0v) is 13.2. The van der Waals surface area contributed by atoms with Crippen molar-refractivity contribution in [3.63, 3.8) is 0 Å². The maximum absolute atomic E-state index is 12.8. The van der Waals surface area contributed by atoms with Crippen molar-refractivity contribution in [2.24, 2.45) is 0 Å². The maximum Gasteiger partial charge on any atom is 0.416 e. The highest BCUT2D eigenvalue weighted by molar-refractivity contribution is 7.98. The molecule has 0 bridgehead atoms. The van der Waals surface area contributed by atoms with Crippen LogP contribution in [0.4, 0.5) is 13.2 Å². The number of hydrogen-bond donors (Lipinski definition) is 0. The van der Waals surface area contributed by atoms with E-state index >= 15 is 0 Å². The fourth-order valence-electron chi connectivity index (χ4n) is 2.67. The molecule has 7 heteroatoms. The van der Waals surface area contributed by atoms with Crippen LogP contribution in [-0.4, -0.2) is 14.8 Å². The van der Waals surface area contributed by atoms with Crippen molar-refractivity contribution < 1.29 is 13.2 Å². The summed E-state index contributed by atoms with van der Waals surface area (Å²) in [5.74, 6) is 2.07. The largest absolute Gasteiger partial charge is 0.416 e. The Balaban J connectivity index is 1.51. The standard InChI is InChI=1S/C16H16F3N3S/c17-16(18,19)12-3-1-2-10(8-12)9-23-15-21-20-14(11-4-5-11)22(15)13-6-7-13/h1-3,8,11,13H,4-7,9H2. The lowest BCUT2D eigenvalue weighted by molar-refractivity contribution is -0.137. The second-order valence-corrected chi connectivity index (χ2v) is 7.15. The first kappa shape index (κ1) is 15.1. The second kappa shape index (κ2) is 5.54. The molecule has 2 aromatic rings. The summed E-state index contributed by atoms with van der Waals surface area (Å²) in [6.45, 7) is 0. The molecule has 2 aliphatic rings. The molecule has 2 aliphatic carbocycles. The molecule has 0 spiro atoms. The van der Waals surface area contributed by atoms with E-state index in [9.17, 15) is 13.2 Å². The topological polar surface area (TPSA) is 30.7 Å². The summed E-state index contributed by atoms with van der Waals surface area (Å²) in [6.07, 6.45) is 0.337. The zero-order chi connectivity index (χ0) is 16.0. The molecular formula is C16H16F3N3S. The van der Waals surface area contributed by atoms with Gasteiger partial charge in [0.05, 0.1) is 5.56 Å². The van der Waals surface area contributed by atoms with E-state index in [1.54, 1.807) is 6.07 Å². The van der Waals surface area contributed by atoms with Crippen molar-refractivity contribution >= 4 is 11.8 Å². The highest BCUT2D eigenvalue weighted by Gasteiger charge is 2.36. The van der Waals surface area contributed by atoms with E-state index in [1.807, 2.05) is 0 Å². The van der Waals surface area contributed by atoms with Crippen LogP contribution in [0.25, 0.3) is 0 Å². The molecular weight excluding hydrogens is 323 g/mol. The maximum atomic E-state index is 12.8. The Morgan fingerprint density at radius 3 is 2.57 bits per heavy atom. The van der Waals surface area contributed by atoms with Crippen molar-refractivity contribution in [3.05, 3.63) is 41.2 Å². The molecule has 0 aliphatic heterocycles. The Bertz CT molecular complexity index is 718. The molecule has 3 nitrogen and oxygen atoms in total. The number of alkyl halides is 3. The summed E-state index contributed by atoms with van der Waals surface area (Å²) in [7, 11) is 0. The van der Waals surface area contributed by atoms with Gasteiger partial charge in [0, 0.05) is 17.7 Å². The molecule has 0 N–H and O–H groups in total. The van der Waals surface area contributed by atoms with Crippen LogP contribution in [0.3, 0.4) is 0 Å². The highest BCUT2D eigenvalue weighted by Crippen LogP contribution is 2.46. The van der Waals surface area contributed by atoms with Crippen LogP contribution in [0.5, 0.6) is 0 Å². The minimum absolute atomic E-state index is 0.472. The van der Waals surface area contributed by atoms with Crippen molar-refractivity contribution in [3.8, 4) is 0 Å². The number of aromatic nitrogens is 3. The average molecular weight is 339 g/mol. The highest BCUT2D eigenvalue weighted by atomic mass is 32.2. The third-order valence-electron chi connectivity index (χ3n) is 4.17. The van der Waals surface area contributed by atoms with Gasteiger partial charge in [-0.05, 0) is 37.3 Å². The van der Waals surface area contributed by atoms with Crippen LogP contribution >= 0.6 is 11.8 Å². The van der Waals surface area contributed by atoms with Crippen LogP contribution < -0.4 is 0 Å². The molecule has 1 heterocycles. The van der Waals surface area contributed by atoms with Gasteiger partial charge in [0.15, 0.2) is 5.16 Å². The summed E-state index contributed by atoms with van der Waals surface area (Å²) in [4.78, 5) is 0. The average Bonchev–Trinajstić information content (AvgIpc) is 3.43. The summed E-state index contributed by atoms with van der Waals surface area (Å²) in [5.41, 5.74) is 0.0565. The van der Waals surface area contributed by atoms with Crippen LogP contribution in [0.2, 0.25) is 0 Å². The SMILES string of the molecule is FC(F)(F)c1cccc(CSc2nnc(C3CC3)n2C2CC2)c1. The van der Waals surface area contributed by atoms with E-state index in [4.69, 9.17) is 0 Å². The van der Waals surface area contributed by atoms with E-state index in [0.29, 0.717) is 23.3 Å². The molecule has 0 unspecified atom stereocenters. The van der Waals surface area contributed by atoms with Gasteiger partial charge >= 0.3 is 6.18 Å². The predicted octanol–water partition coefficient (Wildman–Crippen LogP) is 4.80. The van der Waals surface area contributed by atoms with Crippen LogP contribution in [0.15, 0.2) is 29.4 Å². The number of rotatable bonds is 5. The first-order chi connectivity index (χ1) is 11.0. The normalized spacial score (nSPS) is 18.4. The number of nitrogens with zero attached hydrogens (tertiary/aromatic N) is 3. The van der Waals surface area contributed by atoms with E-state index in [1.165, 1.54) is 36.7 Å². The lowest BCUT2D eigenvalue weighted by Crippen LogP contribution is -2.05. The van der Waals surface area contributed by atoms with E-state index in [-0.39, 0.29) is 0 Å². The van der Waals surface area contributed by atoms with E-state index in [2.05, 4.69) is 14.8 Å². The van der Waals surface area contributed by atoms with Crippen LogP contribution in [0, 0.1) is 0 Å². The lowest BCUT2D eigenvalue weighted by Gasteiger charge is -2.10. The molecule has 0 radical (unpaired) electrons. The Hall–Kier alpha value is -1.50. The summed E-state index contributed by atoms with van der Waals surface area (Å²) in [5, 5.41) is 9.44. The molecule has 0 saturated heterocycles. The van der Waals surface area contributed by atoms with Crippen molar-refractivity contribution in [2.75, 3.05) is 0 Å². The monoisotopic (exact) mass is 339 g/mol. The van der Waals surface area contributed by atoms with Crippen molar-refractivity contribution in [2.45, 2.75) is 54.7 Å². The van der Waals surface area contributed by atoms with Gasteiger partial charge in [-0.3, -0.25) is 0 Å². The summed E-state index contributed by atoms with van der Waals surface area (Å²) in [6, 6.07) is 5.99. The van der Waals surface area contributed by atoms with Gasteiger partial charge in [0.25, 0.3) is 0 Å². The first-order valence-electron chi connectivity index (χ1n) is 7.76. The van der Waals surface area contributed by atoms with Gasteiger partial charge in [-0.15, -0.1) is 10.2 Å². The summed E-state index contributed by atoms with van der Waals surface area (Å²) < 4.78 is 40.5. The number of benzene rings is 1. The third-order valence-corrected chi connectivity index (χ3v) is 5.18. The van der Waals surface area contributed by atoms with E-state index in [0.717, 1.165) is 29.9 Å². The van der Waals surface area contributed by atoms with Crippen LogP contribution in [0.1, 0.15) is 54.6 Å². The Labute approximate surface area is 136 Å². The molecule has 1 aromatic heterocycles. The molecule has 0 atom stereocenters. The van der Waals surface area contributed by atoms with Gasteiger partial charge < -0.3 is 4.57 Å². The van der Waals surface area contributed by atoms with E-state index < -0.39 is 11.7 Å². The predicted molar refractivity (Wildman–Crippen MR) is 81.3 cm³/mol. The van der Waals surface area contributed by atoms with Crippen molar-refractivity contribution in [1.82, 2.24) is 14.8 Å². The zero-order valence-electron chi connectivity index (χ0n) is 12.4. The number of hydrogen-bond acceptors (Lipinski definition) is 3. The Morgan fingerprint density at radius 2 is 1.91 bits per heavy atom. The van der Waals surface area contributed by atoms with Gasteiger partial charge in [-0.1, -0.05) is 30.0 Å². The molecule has 23 heavy (non-hydrogen) atoms. The Morgan fingerprint density at radius 1 is 1.13 bits per heavy atom. The minimum Gasteiger partial charge on any atom is -0.303 e. The second-order valence-electron chi connectivity index (χ2n) is 6.20. The van der Waals surface area contributed by atoms with Crippen LogP contribution in [-0.2, 0) is 11.9 Å². The Kier molecular flexibility index (Phi) is 3.63. The molecule has 2 fully saturated rings.